The highest BCUT2D eigenvalue weighted by molar-refractivity contribution is 6.04. The number of anilines is 2. The zero-order valence-electron chi connectivity index (χ0n) is 26.5. The molecule has 0 radical (unpaired) electrons. The summed E-state index contributed by atoms with van der Waals surface area (Å²) in [5.74, 6) is -0.921. The molecular formula is C38H37FN4O5. The van der Waals surface area contributed by atoms with Crippen LogP contribution < -0.4 is 15.0 Å². The lowest BCUT2D eigenvalue weighted by Gasteiger charge is -2.31. The maximum atomic E-state index is 16.0. The van der Waals surface area contributed by atoms with E-state index in [4.69, 9.17) is 14.5 Å². The Morgan fingerprint density at radius 1 is 0.917 bits per heavy atom. The summed E-state index contributed by atoms with van der Waals surface area (Å²) in [4.78, 5) is 31.8. The number of carbonyl (C=O) groups is 2. The number of carbonyl (C=O) groups excluding carboxylic acids is 1. The average molecular weight is 649 g/mol. The van der Waals surface area contributed by atoms with Crippen LogP contribution in [0, 0.1) is 5.82 Å². The van der Waals surface area contributed by atoms with E-state index in [9.17, 15) is 14.7 Å². The summed E-state index contributed by atoms with van der Waals surface area (Å²) >= 11 is 0. The summed E-state index contributed by atoms with van der Waals surface area (Å²) in [5.41, 5.74) is 4.73. The Morgan fingerprint density at radius 2 is 1.69 bits per heavy atom. The maximum absolute atomic E-state index is 16.0. The van der Waals surface area contributed by atoms with Gasteiger partial charge in [-0.05, 0) is 73.5 Å². The van der Waals surface area contributed by atoms with Crippen molar-refractivity contribution >= 4 is 34.3 Å². The highest BCUT2D eigenvalue weighted by Crippen LogP contribution is 2.38. The number of hydrogen-bond acceptors (Lipinski definition) is 6. The first-order valence-corrected chi connectivity index (χ1v) is 16.4. The minimum absolute atomic E-state index is 0.122. The minimum atomic E-state index is -1.03. The van der Waals surface area contributed by atoms with Gasteiger partial charge in [-0.3, -0.25) is 4.79 Å². The number of carboxylic acids is 1. The molecule has 1 aliphatic carbocycles. The van der Waals surface area contributed by atoms with Crippen LogP contribution in [0.5, 0.6) is 5.75 Å². The number of imidazole rings is 1. The van der Waals surface area contributed by atoms with Gasteiger partial charge in [0.2, 0.25) is 0 Å². The first-order valence-electron chi connectivity index (χ1n) is 16.4. The van der Waals surface area contributed by atoms with Crippen LogP contribution >= 0.6 is 0 Å². The standard InChI is InChI=1S/C38H37FN4O5/c39-32-23-30(13-14-31(32)36-41-33-22-26(38(45)46)12-16-35(33)43(36)29-9-5-2-6-10-29)48-24-27-21-25(37(44)40-28-7-3-1-4-8-28)11-15-34(27)42-17-19-47-20-18-42/h1,3-4,7-8,11-16,21-23,29H,2,5-6,9-10,17-20,24H2,(H,40,44)(H,45,46). The van der Waals surface area contributed by atoms with E-state index in [1.54, 1.807) is 36.4 Å². The van der Waals surface area contributed by atoms with E-state index in [0.717, 1.165) is 48.9 Å². The fourth-order valence-electron chi connectivity index (χ4n) is 6.74. The number of morpholine rings is 1. The van der Waals surface area contributed by atoms with Crippen molar-refractivity contribution in [1.29, 1.82) is 0 Å². The van der Waals surface area contributed by atoms with Gasteiger partial charge in [-0.2, -0.15) is 0 Å². The molecule has 1 amide bonds. The number of carboxylic acid groups (broad SMARTS) is 1. The molecule has 246 valence electrons. The summed E-state index contributed by atoms with van der Waals surface area (Å²) in [6.45, 7) is 2.75. The fourth-order valence-corrected chi connectivity index (χ4v) is 6.74. The van der Waals surface area contributed by atoms with Crippen LogP contribution in [-0.2, 0) is 11.3 Å². The Kier molecular flexibility index (Phi) is 9.07. The highest BCUT2D eigenvalue weighted by atomic mass is 19.1. The number of halogens is 1. The number of rotatable bonds is 9. The summed E-state index contributed by atoms with van der Waals surface area (Å²) < 4.78 is 29.8. The number of aromatic nitrogens is 2. The van der Waals surface area contributed by atoms with Crippen molar-refractivity contribution in [2.75, 3.05) is 36.5 Å². The van der Waals surface area contributed by atoms with E-state index in [-0.39, 0.29) is 24.1 Å². The van der Waals surface area contributed by atoms with E-state index in [2.05, 4.69) is 14.8 Å². The number of amides is 1. The largest absolute Gasteiger partial charge is 0.489 e. The molecule has 10 heteroatoms. The molecule has 1 aliphatic heterocycles. The molecule has 0 atom stereocenters. The van der Waals surface area contributed by atoms with Gasteiger partial charge in [-0.25, -0.2) is 14.2 Å². The first kappa shape index (κ1) is 31.4. The van der Waals surface area contributed by atoms with Crippen molar-refractivity contribution < 1.29 is 28.6 Å². The molecule has 5 aromatic rings. The quantitative estimate of drug-likeness (QED) is 0.169. The van der Waals surface area contributed by atoms with Gasteiger partial charge in [0.1, 0.15) is 24.0 Å². The summed E-state index contributed by atoms with van der Waals surface area (Å²) in [6, 6.07) is 24.7. The smallest absolute Gasteiger partial charge is 0.335 e. The number of fused-ring (bicyclic) bond motifs is 1. The summed E-state index contributed by atoms with van der Waals surface area (Å²) in [6.07, 6.45) is 5.23. The molecule has 1 saturated heterocycles. The lowest BCUT2D eigenvalue weighted by Crippen LogP contribution is -2.37. The van der Waals surface area contributed by atoms with Crippen LogP contribution in [-0.4, -0.2) is 52.8 Å². The van der Waals surface area contributed by atoms with Gasteiger partial charge >= 0.3 is 5.97 Å². The summed E-state index contributed by atoms with van der Waals surface area (Å²) in [7, 11) is 0. The molecule has 7 rings (SSSR count). The van der Waals surface area contributed by atoms with Crippen LogP contribution in [0.1, 0.15) is 64.4 Å². The van der Waals surface area contributed by atoms with Crippen molar-refractivity contribution in [2.24, 2.45) is 0 Å². The molecule has 4 aromatic carbocycles. The lowest BCUT2D eigenvalue weighted by atomic mass is 9.94. The monoisotopic (exact) mass is 648 g/mol. The van der Waals surface area contributed by atoms with Crippen LogP contribution in [0.25, 0.3) is 22.4 Å². The second-order valence-electron chi connectivity index (χ2n) is 12.3. The number of aromatic carboxylic acids is 1. The van der Waals surface area contributed by atoms with E-state index < -0.39 is 11.8 Å². The van der Waals surface area contributed by atoms with Gasteiger partial charge in [-0.15, -0.1) is 0 Å². The Morgan fingerprint density at radius 3 is 2.44 bits per heavy atom. The molecular weight excluding hydrogens is 611 g/mol. The van der Waals surface area contributed by atoms with Gasteiger partial charge in [0.25, 0.3) is 5.91 Å². The van der Waals surface area contributed by atoms with E-state index in [1.165, 1.54) is 6.07 Å². The molecule has 2 heterocycles. The van der Waals surface area contributed by atoms with Crippen molar-refractivity contribution in [2.45, 2.75) is 44.8 Å². The number of para-hydroxylation sites is 1. The van der Waals surface area contributed by atoms with Gasteiger partial charge in [0.05, 0.1) is 35.4 Å². The molecule has 1 saturated carbocycles. The SMILES string of the molecule is O=C(O)c1ccc2c(c1)nc(-c1ccc(OCc3cc(C(=O)Nc4ccccc4)ccc3N3CCOCC3)cc1F)n2C1CCCCC1. The zero-order chi connectivity index (χ0) is 33.0. The second-order valence-corrected chi connectivity index (χ2v) is 12.3. The topological polar surface area (TPSA) is 106 Å². The van der Waals surface area contributed by atoms with Gasteiger partial charge in [0, 0.05) is 47.7 Å². The first-order chi connectivity index (χ1) is 23.4. The molecule has 0 spiro atoms. The van der Waals surface area contributed by atoms with Gasteiger partial charge in [0.15, 0.2) is 0 Å². The van der Waals surface area contributed by atoms with Crippen molar-refractivity contribution in [3.63, 3.8) is 0 Å². The molecule has 0 unspecified atom stereocenters. The number of ether oxygens (including phenoxy) is 2. The molecule has 0 bridgehead atoms. The Balaban J connectivity index is 1.17. The maximum Gasteiger partial charge on any atom is 0.335 e. The Bertz CT molecular complexity index is 1950. The average Bonchev–Trinajstić information content (AvgIpc) is 3.50. The molecule has 2 N–H and O–H groups in total. The normalized spacial score (nSPS) is 15.4. The van der Waals surface area contributed by atoms with E-state index in [1.807, 2.05) is 42.5 Å². The van der Waals surface area contributed by atoms with Crippen LogP contribution in [0.2, 0.25) is 0 Å². The lowest BCUT2D eigenvalue weighted by molar-refractivity contribution is 0.0696. The van der Waals surface area contributed by atoms with Crippen molar-refractivity contribution in [3.8, 4) is 17.1 Å². The van der Waals surface area contributed by atoms with Crippen LogP contribution in [0.3, 0.4) is 0 Å². The Hall–Kier alpha value is -5.22. The third-order valence-corrected chi connectivity index (χ3v) is 9.18. The van der Waals surface area contributed by atoms with E-state index >= 15 is 4.39 Å². The second kappa shape index (κ2) is 13.9. The predicted octanol–water partition coefficient (Wildman–Crippen LogP) is 7.71. The molecule has 9 nitrogen and oxygen atoms in total. The molecule has 2 aliphatic rings. The number of nitrogens with one attached hydrogen (secondary N) is 1. The molecule has 2 fully saturated rings. The van der Waals surface area contributed by atoms with Gasteiger partial charge < -0.3 is 29.4 Å². The zero-order valence-corrected chi connectivity index (χ0v) is 26.5. The Labute approximate surface area is 277 Å². The third kappa shape index (κ3) is 6.61. The van der Waals surface area contributed by atoms with Gasteiger partial charge in [-0.1, -0.05) is 37.5 Å². The van der Waals surface area contributed by atoms with E-state index in [0.29, 0.717) is 60.2 Å². The number of nitrogens with zero attached hydrogens (tertiary/aromatic N) is 3. The number of hydrogen-bond donors (Lipinski definition) is 2. The fraction of sp³-hybridized carbons (Fsp3) is 0.289. The minimum Gasteiger partial charge on any atom is -0.489 e. The number of benzene rings is 4. The van der Waals surface area contributed by atoms with Crippen molar-refractivity contribution in [1.82, 2.24) is 9.55 Å². The van der Waals surface area contributed by atoms with Crippen LogP contribution in [0.15, 0.2) is 84.9 Å². The molecule has 1 aromatic heterocycles. The third-order valence-electron chi connectivity index (χ3n) is 9.18. The van der Waals surface area contributed by atoms with Crippen LogP contribution in [0.4, 0.5) is 15.8 Å². The van der Waals surface area contributed by atoms with Crippen molar-refractivity contribution in [3.05, 3.63) is 107 Å². The highest BCUT2D eigenvalue weighted by Gasteiger charge is 2.25. The molecule has 48 heavy (non-hydrogen) atoms. The summed E-state index contributed by atoms with van der Waals surface area (Å²) in [5, 5.41) is 12.5. The predicted molar refractivity (Wildman–Crippen MR) is 182 cm³/mol.